The zero-order valence-corrected chi connectivity index (χ0v) is 14.1. The van der Waals surface area contributed by atoms with Gasteiger partial charge in [-0.1, -0.05) is 0 Å². The van der Waals surface area contributed by atoms with Crippen LogP contribution in [-0.2, 0) is 4.74 Å². The van der Waals surface area contributed by atoms with E-state index in [1.165, 1.54) is 5.69 Å². The van der Waals surface area contributed by atoms with Crippen LogP contribution in [0.2, 0.25) is 0 Å². The third-order valence-electron chi connectivity index (χ3n) is 4.35. The monoisotopic (exact) mass is 336 g/mol. The van der Waals surface area contributed by atoms with Crippen LogP contribution in [0.3, 0.4) is 0 Å². The Morgan fingerprint density at radius 3 is 2.60 bits per heavy atom. The van der Waals surface area contributed by atoms with Crippen molar-refractivity contribution in [1.82, 2.24) is 9.97 Å². The number of hydrogen-bond acceptors (Lipinski definition) is 6. The summed E-state index contributed by atoms with van der Waals surface area (Å²) in [6.07, 6.45) is 1.57. The first kappa shape index (κ1) is 15.7. The summed E-state index contributed by atoms with van der Waals surface area (Å²) in [5, 5.41) is 4.31. The van der Waals surface area contributed by atoms with Gasteiger partial charge < -0.3 is 19.7 Å². The summed E-state index contributed by atoms with van der Waals surface area (Å²) in [5.74, 6) is 1.55. The lowest BCUT2D eigenvalue weighted by Gasteiger charge is -2.28. The largest absolute Gasteiger partial charge is 0.497 e. The van der Waals surface area contributed by atoms with Crippen LogP contribution in [0.4, 0.5) is 17.2 Å². The third kappa shape index (κ3) is 3.34. The van der Waals surface area contributed by atoms with Gasteiger partial charge in [0.2, 0.25) is 0 Å². The lowest BCUT2D eigenvalue weighted by molar-refractivity contribution is 0.122. The molecule has 4 rings (SSSR count). The van der Waals surface area contributed by atoms with Crippen LogP contribution >= 0.6 is 0 Å². The van der Waals surface area contributed by atoms with Crippen molar-refractivity contribution >= 4 is 28.1 Å². The quantitative estimate of drug-likeness (QED) is 0.789. The van der Waals surface area contributed by atoms with Crippen molar-refractivity contribution in [3.05, 3.63) is 48.8 Å². The van der Waals surface area contributed by atoms with E-state index < -0.39 is 0 Å². The molecule has 2 aromatic carbocycles. The van der Waals surface area contributed by atoms with E-state index in [4.69, 9.17) is 9.47 Å². The summed E-state index contributed by atoms with van der Waals surface area (Å²) >= 11 is 0. The fraction of sp³-hybridized carbons (Fsp3) is 0.263. The first-order valence-electron chi connectivity index (χ1n) is 8.32. The van der Waals surface area contributed by atoms with Crippen molar-refractivity contribution in [3.8, 4) is 5.75 Å². The van der Waals surface area contributed by atoms with Crippen molar-refractivity contribution in [2.24, 2.45) is 0 Å². The number of hydrogen-bond donors (Lipinski definition) is 1. The summed E-state index contributed by atoms with van der Waals surface area (Å²) in [5.41, 5.74) is 3.08. The smallest absolute Gasteiger partial charge is 0.141 e. The standard InChI is InChI=1S/C19H20N4O2/c1-24-16-6-7-18-17(12-16)19(21-13-20-18)22-14-2-4-15(5-3-14)23-8-10-25-11-9-23/h2-7,12-13H,8-11H2,1H3,(H,20,21,22). The van der Waals surface area contributed by atoms with Crippen molar-refractivity contribution in [1.29, 1.82) is 0 Å². The Morgan fingerprint density at radius 2 is 1.84 bits per heavy atom. The molecule has 25 heavy (non-hydrogen) atoms. The van der Waals surface area contributed by atoms with Gasteiger partial charge in [-0.25, -0.2) is 9.97 Å². The molecule has 0 saturated carbocycles. The number of nitrogens with one attached hydrogen (secondary N) is 1. The van der Waals surface area contributed by atoms with Gasteiger partial charge in [-0.05, 0) is 42.5 Å². The van der Waals surface area contributed by atoms with Crippen molar-refractivity contribution in [2.45, 2.75) is 0 Å². The van der Waals surface area contributed by atoms with Gasteiger partial charge in [-0.3, -0.25) is 0 Å². The fourth-order valence-corrected chi connectivity index (χ4v) is 2.98. The second-order valence-electron chi connectivity index (χ2n) is 5.88. The SMILES string of the molecule is COc1ccc2ncnc(Nc3ccc(N4CCOCC4)cc3)c2c1. The van der Waals surface area contributed by atoms with E-state index in [1.807, 2.05) is 18.2 Å². The number of nitrogens with zero attached hydrogens (tertiary/aromatic N) is 3. The molecule has 2 heterocycles. The van der Waals surface area contributed by atoms with Gasteiger partial charge in [0.1, 0.15) is 17.9 Å². The highest BCUT2D eigenvalue weighted by molar-refractivity contribution is 5.91. The minimum Gasteiger partial charge on any atom is -0.497 e. The van der Waals surface area contributed by atoms with E-state index in [0.29, 0.717) is 0 Å². The molecular weight excluding hydrogens is 316 g/mol. The molecule has 6 nitrogen and oxygen atoms in total. The van der Waals surface area contributed by atoms with E-state index in [0.717, 1.165) is 54.5 Å². The Balaban J connectivity index is 1.58. The first-order valence-corrected chi connectivity index (χ1v) is 8.32. The third-order valence-corrected chi connectivity index (χ3v) is 4.35. The molecule has 1 aromatic heterocycles. The van der Waals surface area contributed by atoms with Crippen molar-refractivity contribution in [2.75, 3.05) is 43.6 Å². The predicted octanol–water partition coefficient (Wildman–Crippen LogP) is 3.22. The van der Waals surface area contributed by atoms with Crippen LogP contribution in [-0.4, -0.2) is 43.4 Å². The van der Waals surface area contributed by atoms with Gasteiger partial charge in [0, 0.05) is 29.9 Å². The minimum atomic E-state index is 0.767. The maximum atomic E-state index is 5.41. The zero-order chi connectivity index (χ0) is 17.1. The normalized spacial score (nSPS) is 14.5. The highest BCUT2D eigenvalue weighted by Gasteiger charge is 2.11. The molecule has 1 saturated heterocycles. The van der Waals surface area contributed by atoms with Crippen molar-refractivity contribution in [3.63, 3.8) is 0 Å². The number of morpholine rings is 1. The Labute approximate surface area is 146 Å². The number of benzene rings is 2. The summed E-state index contributed by atoms with van der Waals surface area (Å²) in [6.45, 7) is 3.44. The zero-order valence-electron chi connectivity index (χ0n) is 14.1. The molecule has 0 atom stereocenters. The Kier molecular flexibility index (Phi) is 4.35. The average Bonchev–Trinajstić information content (AvgIpc) is 2.69. The maximum Gasteiger partial charge on any atom is 0.141 e. The fourth-order valence-electron chi connectivity index (χ4n) is 2.98. The molecular formula is C19H20N4O2. The number of ether oxygens (including phenoxy) is 2. The van der Waals surface area contributed by atoms with E-state index in [-0.39, 0.29) is 0 Å². The number of rotatable bonds is 4. The van der Waals surface area contributed by atoms with E-state index in [9.17, 15) is 0 Å². The first-order chi connectivity index (χ1) is 12.3. The van der Waals surface area contributed by atoms with Gasteiger partial charge in [0.05, 0.1) is 25.8 Å². The summed E-state index contributed by atoms with van der Waals surface area (Å²) in [6, 6.07) is 14.2. The second kappa shape index (κ2) is 6.94. The van der Waals surface area contributed by atoms with Crippen LogP contribution in [0.1, 0.15) is 0 Å². The molecule has 0 unspecified atom stereocenters. The molecule has 0 amide bonds. The van der Waals surface area contributed by atoms with E-state index in [2.05, 4.69) is 44.5 Å². The predicted molar refractivity (Wildman–Crippen MR) is 98.8 cm³/mol. The highest BCUT2D eigenvalue weighted by atomic mass is 16.5. The lowest BCUT2D eigenvalue weighted by Crippen LogP contribution is -2.36. The summed E-state index contributed by atoms with van der Waals surface area (Å²) < 4.78 is 10.7. The molecule has 1 N–H and O–H groups in total. The van der Waals surface area contributed by atoms with Crippen molar-refractivity contribution < 1.29 is 9.47 Å². The average molecular weight is 336 g/mol. The molecule has 1 aliphatic rings. The molecule has 3 aromatic rings. The number of aromatic nitrogens is 2. The topological polar surface area (TPSA) is 59.5 Å². The van der Waals surface area contributed by atoms with Gasteiger partial charge in [-0.15, -0.1) is 0 Å². The number of anilines is 3. The number of methoxy groups -OCH3 is 1. The van der Waals surface area contributed by atoms with Crippen LogP contribution in [0, 0.1) is 0 Å². The van der Waals surface area contributed by atoms with Crippen LogP contribution < -0.4 is 15.0 Å². The molecule has 1 fully saturated rings. The van der Waals surface area contributed by atoms with Gasteiger partial charge in [-0.2, -0.15) is 0 Å². The van der Waals surface area contributed by atoms with Gasteiger partial charge >= 0.3 is 0 Å². The van der Waals surface area contributed by atoms with Crippen LogP contribution in [0.5, 0.6) is 5.75 Å². The molecule has 6 heteroatoms. The van der Waals surface area contributed by atoms with E-state index >= 15 is 0 Å². The molecule has 0 aliphatic carbocycles. The minimum absolute atomic E-state index is 0.767. The Hall–Kier alpha value is -2.86. The Bertz CT molecular complexity index is 861. The van der Waals surface area contributed by atoms with Crippen LogP contribution in [0.15, 0.2) is 48.8 Å². The Morgan fingerprint density at radius 1 is 1.04 bits per heavy atom. The lowest BCUT2D eigenvalue weighted by atomic mass is 10.2. The molecule has 0 bridgehead atoms. The molecule has 128 valence electrons. The van der Waals surface area contributed by atoms with Gasteiger partial charge in [0.25, 0.3) is 0 Å². The summed E-state index contributed by atoms with van der Waals surface area (Å²) in [7, 11) is 1.66. The van der Waals surface area contributed by atoms with Gasteiger partial charge in [0.15, 0.2) is 0 Å². The highest BCUT2D eigenvalue weighted by Crippen LogP contribution is 2.27. The molecule has 1 aliphatic heterocycles. The summed E-state index contributed by atoms with van der Waals surface area (Å²) in [4.78, 5) is 11.0. The maximum absolute atomic E-state index is 5.41. The second-order valence-corrected chi connectivity index (χ2v) is 5.88. The molecule has 0 radical (unpaired) electrons. The number of fused-ring (bicyclic) bond motifs is 1. The van der Waals surface area contributed by atoms with E-state index in [1.54, 1.807) is 13.4 Å². The molecule has 0 spiro atoms. The van der Waals surface area contributed by atoms with Crippen LogP contribution in [0.25, 0.3) is 10.9 Å².